The number of unbranched alkanes of at least 4 members (excludes halogenated alkanes) is 1. The van der Waals surface area contributed by atoms with Gasteiger partial charge in [0, 0.05) is 44.5 Å². The van der Waals surface area contributed by atoms with E-state index in [0.717, 1.165) is 62.0 Å². The van der Waals surface area contributed by atoms with Gasteiger partial charge in [-0.05, 0) is 55.0 Å². The van der Waals surface area contributed by atoms with Crippen LogP contribution in [0.5, 0.6) is 0 Å². The predicted octanol–water partition coefficient (Wildman–Crippen LogP) is 7.11. The number of benzene rings is 2. The van der Waals surface area contributed by atoms with Gasteiger partial charge in [0.05, 0.1) is 11.9 Å². The number of hydrogen-bond donors (Lipinski definition) is 1. The van der Waals surface area contributed by atoms with Gasteiger partial charge in [0.2, 0.25) is 0 Å². The quantitative estimate of drug-likeness (QED) is 0.329. The summed E-state index contributed by atoms with van der Waals surface area (Å²) in [5.41, 5.74) is 4.54. The van der Waals surface area contributed by atoms with Crippen molar-refractivity contribution >= 4 is 5.69 Å². The van der Waals surface area contributed by atoms with Crippen LogP contribution in [-0.4, -0.2) is 28.0 Å². The fourth-order valence-corrected chi connectivity index (χ4v) is 5.14. The van der Waals surface area contributed by atoms with E-state index >= 15 is 0 Å². The Labute approximate surface area is 204 Å². The van der Waals surface area contributed by atoms with Gasteiger partial charge in [-0.2, -0.15) is 0 Å². The minimum Gasteiger partial charge on any atom is -0.388 e. The number of imidazole rings is 1. The molecule has 0 aliphatic heterocycles. The zero-order valence-corrected chi connectivity index (χ0v) is 20.8. The Bertz CT molecular complexity index is 1020. The van der Waals surface area contributed by atoms with Crippen LogP contribution in [0.1, 0.15) is 63.1 Å². The van der Waals surface area contributed by atoms with E-state index < -0.39 is 0 Å². The molecule has 0 unspecified atom stereocenters. The Balaban J connectivity index is 1.59. The number of nitrogens with one attached hydrogen (secondary N) is 1. The molecule has 0 spiro atoms. The SMILES string of the molecule is CCCCn1c(CN(Cc2ccc(NC)cc2)CC2CCCCC2)cnc1-c1cccc(F)c1. The van der Waals surface area contributed by atoms with Crippen LogP contribution >= 0.6 is 0 Å². The Morgan fingerprint density at radius 2 is 1.85 bits per heavy atom. The van der Waals surface area contributed by atoms with Crippen molar-refractivity contribution in [2.75, 3.05) is 18.9 Å². The topological polar surface area (TPSA) is 33.1 Å². The number of rotatable bonds is 11. The minimum absolute atomic E-state index is 0.215. The first-order chi connectivity index (χ1) is 16.7. The van der Waals surface area contributed by atoms with E-state index in [1.54, 1.807) is 12.1 Å². The van der Waals surface area contributed by atoms with Gasteiger partial charge in [0.25, 0.3) is 0 Å². The van der Waals surface area contributed by atoms with Crippen LogP contribution < -0.4 is 5.32 Å². The highest BCUT2D eigenvalue weighted by molar-refractivity contribution is 5.56. The molecule has 2 aromatic carbocycles. The summed E-state index contributed by atoms with van der Waals surface area (Å²) in [6, 6.07) is 15.6. The Morgan fingerprint density at radius 3 is 2.56 bits per heavy atom. The summed E-state index contributed by atoms with van der Waals surface area (Å²) in [5.74, 6) is 1.42. The van der Waals surface area contributed by atoms with Gasteiger partial charge in [0.1, 0.15) is 11.6 Å². The molecule has 1 N–H and O–H groups in total. The first kappa shape index (κ1) is 24.5. The molecule has 0 amide bonds. The van der Waals surface area contributed by atoms with E-state index in [9.17, 15) is 4.39 Å². The lowest BCUT2D eigenvalue weighted by atomic mass is 9.89. The summed E-state index contributed by atoms with van der Waals surface area (Å²) in [6.45, 7) is 6.02. The summed E-state index contributed by atoms with van der Waals surface area (Å²) in [5, 5.41) is 3.21. The molecule has 1 aromatic heterocycles. The van der Waals surface area contributed by atoms with Crippen LogP contribution in [0.3, 0.4) is 0 Å². The van der Waals surface area contributed by atoms with E-state index in [1.165, 1.54) is 49.4 Å². The second kappa shape index (κ2) is 12.2. The predicted molar refractivity (Wildman–Crippen MR) is 139 cm³/mol. The Hall–Kier alpha value is -2.66. The van der Waals surface area contributed by atoms with Crippen LogP contribution in [0, 0.1) is 11.7 Å². The average Bonchev–Trinajstić information content (AvgIpc) is 3.26. The maximum absolute atomic E-state index is 14.0. The van der Waals surface area contributed by atoms with Crippen molar-refractivity contribution in [3.05, 3.63) is 71.8 Å². The lowest BCUT2D eigenvalue weighted by Crippen LogP contribution is -2.31. The van der Waals surface area contributed by atoms with Crippen LogP contribution in [0.25, 0.3) is 11.4 Å². The highest BCUT2D eigenvalue weighted by atomic mass is 19.1. The highest BCUT2D eigenvalue weighted by Gasteiger charge is 2.20. The molecule has 0 atom stereocenters. The summed E-state index contributed by atoms with van der Waals surface area (Å²) in [7, 11) is 1.96. The standard InChI is InChI=1S/C29H39FN4/c1-3-4-17-34-28(19-32-29(34)25-11-8-12-26(30)18-25)22-33(20-23-9-6-5-7-10-23)21-24-13-15-27(31-2)16-14-24/h8,11-16,18-19,23,31H,3-7,9-10,17,20-22H2,1-2H3. The number of aromatic nitrogens is 2. The molecule has 0 radical (unpaired) electrons. The molecule has 4 nitrogen and oxygen atoms in total. The largest absolute Gasteiger partial charge is 0.388 e. The summed E-state index contributed by atoms with van der Waals surface area (Å²) in [4.78, 5) is 7.37. The van der Waals surface area contributed by atoms with E-state index in [2.05, 4.69) is 46.0 Å². The third-order valence-corrected chi connectivity index (χ3v) is 7.03. The fraction of sp³-hybridized carbons (Fsp3) is 0.483. The van der Waals surface area contributed by atoms with Crippen LogP contribution in [0.15, 0.2) is 54.7 Å². The molecule has 1 heterocycles. The highest BCUT2D eigenvalue weighted by Crippen LogP contribution is 2.27. The molecule has 0 saturated heterocycles. The lowest BCUT2D eigenvalue weighted by Gasteiger charge is -2.30. The molecule has 182 valence electrons. The number of anilines is 1. The molecule has 4 rings (SSSR count). The molecule has 34 heavy (non-hydrogen) atoms. The lowest BCUT2D eigenvalue weighted by molar-refractivity contribution is 0.183. The first-order valence-corrected chi connectivity index (χ1v) is 13.0. The van der Waals surface area contributed by atoms with Gasteiger partial charge in [0.15, 0.2) is 0 Å². The molecule has 1 fully saturated rings. The molecule has 3 aromatic rings. The van der Waals surface area contributed by atoms with Crippen molar-refractivity contribution in [3.63, 3.8) is 0 Å². The zero-order valence-electron chi connectivity index (χ0n) is 20.8. The molecule has 1 aliphatic rings. The summed E-state index contributed by atoms with van der Waals surface area (Å²) >= 11 is 0. The van der Waals surface area contributed by atoms with Crippen molar-refractivity contribution in [2.24, 2.45) is 5.92 Å². The molecular formula is C29H39FN4. The van der Waals surface area contributed by atoms with Crippen molar-refractivity contribution < 1.29 is 4.39 Å². The van der Waals surface area contributed by atoms with Gasteiger partial charge in [-0.1, -0.05) is 56.9 Å². The Morgan fingerprint density at radius 1 is 1.06 bits per heavy atom. The number of hydrogen-bond acceptors (Lipinski definition) is 3. The maximum atomic E-state index is 14.0. The van der Waals surface area contributed by atoms with Crippen molar-refractivity contribution in [1.82, 2.24) is 14.5 Å². The zero-order chi connectivity index (χ0) is 23.8. The molecule has 1 aliphatic carbocycles. The second-order valence-corrected chi connectivity index (χ2v) is 9.71. The first-order valence-electron chi connectivity index (χ1n) is 13.0. The average molecular weight is 463 g/mol. The van der Waals surface area contributed by atoms with Crippen molar-refractivity contribution in [3.8, 4) is 11.4 Å². The molecule has 0 bridgehead atoms. The molecular weight excluding hydrogens is 423 g/mol. The van der Waals surface area contributed by atoms with E-state index in [4.69, 9.17) is 4.98 Å². The fourth-order valence-electron chi connectivity index (χ4n) is 5.14. The van der Waals surface area contributed by atoms with Crippen LogP contribution in [0.4, 0.5) is 10.1 Å². The second-order valence-electron chi connectivity index (χ2n) is 9.71. The minimum atomic E-state index is -0.215. The number of halogens is 1. The van der Waals surface area contributed by atoms with E-state index in [0.29, 0.717) is 0 Å². The van der Waals surface area contributed by atoms with Gasteiger partial charge in [-0.3, -0.25) is 4.90 Å². The van der Waals surface area contributed by atoms with Gasteiger partial charge < -0.3 is 9.88 Å². The normalized spacial score (nSPS) is 14.6. The van der Waals surface area contributed by atoms with Crippen molar-refractivity contribution in [2.45, 2.75) is 71.5 Å². The van der Waals surface area contributed by atoms with Gasteiger partial charge >= 0.3 is 0 Å². The third-order valence-electron chi connectivity index (χ3n) is 7.03. The van der Waals surface area contributed by atoms with Crippen molar-refractivity contribution in [1.29, 1.82) is 0 Å². The van der Waals surface area contributed by atoms with E-state index in [1.807, 2.05) is 19.3 Å². The number of nitrogens with zero attached hydrogens (tertiary/aromatic N) is 3. The van der Waals surface area contributed by atoms with Gasteiger partial charge in [-0.25, -0.2) is 9.37 Å². The smallest absolute Gasteiger partial charge is 0.140 e. The molecule has 1 saturated carbocycles. The monoisotopic (exact) mass is 462 g/mol. The maximum Gasteiger partial charge on any atom is 0.140 e. The summed E-state index contributed by atoms with van der Waals surface area (Å²) < 4.78 is 16.3. The third kappa shape index (κ3) is 6.47. The summed E-state index contributed by atoms with van der Waals surface area (Å²) in [6.07, 6.45) is 11.0. The Kier molecular flexibility index (Phi) is 8.75. The van der Waals surface area contributed by atoms with Crippen LogP contribution in [0.2, 0.25) is 0 Å². The van der Waals surface area contributed by atoms with Crippen LogP contribution in [-0.2, 0) is 19.6 Å². The van der Waals surface area contributed by atoms with E-state index in [-0.39, 0.29) is 5.82 Å². The van der Waals surface area contributed by atoms with Gasteiger partial charge in [-0.15, -0.1) is 0 Å². The molecule has 5 heteroatoms.